The van der Waals surface area contributed by atoms with Crippen LogP contribution >= 0.6 is 28.1 Å². The molecule has 0 amide bonds. The normalized spacial score (nSPS) is 15.4. The summed E-state index contributed by atoms with van der Waals surface area (Å²) in [6.07, 6.45) is 2.50. The molecule has 0 bridgehead atoms. The van der Waals surface area contributed by atoms with E-state index < -0.39 is 0 Å². The Morgan fingerprint density at radius 2 is 1.93 bits per heavy atom. The molecule has 0 unspecified atom stereocenters. The molecule has 15 heavy (non-hydrogen) atoms. The monoisotopic (exact) mass is 284 g/mol. The van der Waals surface area contributed by atoms with Crippen LogP contribution in [0.15, 0.2) is 28.7 Å². The summed E-state index contributed by atoms with van der Waals surface area (Å²) in [5.41, 5.74) is 1.04. The number of hydrogen-bond donors (Lipinski definition) is 1. The van der Waals surface area contributed by atoms with Gasteiger partial charge in [0.25, 0.3) is 0 Å². The quantitative estimate of drug-likeness (QED) is 0.797. The van der Waals surface area contributed by atoms with Crippen LogP contribution in [-0.2, 0) is 0 Å². The fourth-order valence-electron chi connectivity index (χ4n) is 1.68. The number of thiocarbonyl (C=S) groups is 1. The van der Waals surface area contributed by atoms with Crippen molar-refractivity contribution in [3.05, 3.63) is 28.7 Å². The van der Waals surface area contributed by atoms with Crippen LogP contribution in [0.2, 0.25) is 0 Å². The van der Waals surface area contributed by atoms with E-state index in [2.05, 4.69) is 26.1 Å². The van der Waals surface area contributed by atoms with Gasteiger partial charge < -0.3 is 10.2 Å². The summed E-state index contributed by atoms with van der Waals surface area (Å²) < 4.78 is 1.05. The predicted octanol–water partition coefficient (Wildman–Crippen LogP) is 3.24. The fourth-order valence-corrected chi connectivity index (χ4v) is 2.35. The number of hydrogen-bond acceptors (Lipinski definition) is 1. The number of nitrogens with zero attached hydrogens (tertiary/aromatic N) is 1. The number of likely N-dealkylation sites (tertiary alicyclic amines) is 1. The minimum absolute atomic E-state index is 0.833. The smallest absolute Gasteiger partial charge is 0.173 e. The summed E-state index contributed by atoms with van der Waals surface area (Å²) in [7, 11) is 0. The van der Waals surface area contributed by atoms with Crippen molar-refractivity contribution in [3.63, 3.8) is 0 Å². The Bertz CT molecular complexity index is 361. The highest BCUT2D eigenvalue weighted by molar-refractivity contribution is 9.10. The van der Waals surface area contributed by atoms with Gasteiger partial charge in [-0.15, -0.1) is 0 Å². The van der Waals surface area contributed by atoms with E-state index in [1.165, 1.54) is 12.8 Å². The second-order valence-corrected chi connectivity index (χ2v) is 4.85. The Balaban J connectivity index is 2.02. The van der Waals surface area contributed by atoms with Gasteiger partial charge >= 0.3 is 0 Å². The van der Waals surface area contributed by atoms with Gasteiger partial charge in [-0.2, -0.15) is 0 Å². The van der Waals surface area contributed by atoms with Gasteiger partial charge in [-0.1, -0.05) is 12.1 Å². The first-order chi connectivity index (χ1) is 7.27. The van der Waals surface area contributed by atoms with Crippen molar-refractivity contribution in [1.29, 1.82) is 0 Å². The first-order valence-electron chi connectivity index (χ1n) is 5.08. The van der Waals surface area contributed by atoms with Gasteiger partial charge in [-0.3, -0.25) is 0 Å². The Kier molecular flexibility index (Phi) is 3.59. The van der Waals surface area contributed by atoms with E-state index in [1.807, 2.05) is 24.3 Å². The molecule has 0 spiro atoms. The zero-order valence-corrected chi connectivity index (χ0v) is 10.8. The van der Waals surface area contributed by atoms with Crippen LogP contribution in [0.3, 0.4) is 0 Å². The molecule has 2 rings (SSSR count). The maximum Gasteiger partial charge on any atom is 0.173 e. The summed E-state index contributed by atoms with van der Waals surface area (Å²) in [6.45, 7) is 2.16. The Hall–Kier alpha value is -0.610. The molecule has 0 aromatic heterocycles. The van der Waals surface area contributed by atoms with E-state index in [4.69, 9.17) is 12.2 Å². The van der Waals surface area contributed by atoms with Crippen LogP contribution in [0.4, 0.5) is 5.69 Å². The standard InChI is InChI=1S/C11H13BrN2S/c12-9-5-1-2-6-10(9)13-11(15)14-7-3-4-8-14/h1-2,5-6H,3-4,7-8H2,(H,13,15). The van der Waals surface area contributed by atoms with Crippen molar-refractivity contribution < 1.29 is 0 Å². The molecule has 1 aliphatic rings. The molecule has 0 saturated carbocycles. The van der Waals surface area contributed by atoms with Crippen LogP contribution in [-0.4, -0.2) is 23.1 Å². The van der Waals surface area contributed by atoms with E-state index in [-0.39, 0.29) is 0 Å². The number of para-hydroxylation sites is 1. The average molecular weight is 285 g/mol. The summed E-state index contributed by atoms with van der Waals surface area (Å²) in [4.78, 5) is 2.22. The molecular weight excluding hydrogens is 272 g/mol. The van der Waals surface area contributed by atoms with E-state index in [0.717, 1.165) is 28.4 Å². The molecule has 0 radical (unpaired) electrons. The summed E-state index contributed by atoms with van der Waals surface area (Å²) in [5.74, 6) is 0. The van der Waals surface area contributed by atoms with Crippen LogP contribution in [0, 0.1) is 0 Å². The second-order valence-electron chi connectivity index (χ2n) is 3.60. The Labute approximate surface area is 104 Å². The van der Waals surface area contributed by atoms with E-state index in [9.17, 15) is 0 Å². The maximum absolute atomic E-state index is 5.35. The van der Waals surface area contributed by atoms with Gasteiger partial charge in [-0.05, 0) is 53.1 Å². The molecule has 1 N–H and O–H groups in total. The molecule has 2 nitrogen and oxygen atoms in total. The minimum atomic E-state index is 0.833. The molecule has 4 heteroatoms. The van der Waals surface area contributed by atoms with Gasteiger partial charge in [0.15, 0.2) is 5.11 Å². The molecule has 1 aromatic rings. The number of nitrogens with one attached hydrogen (secondary N) is 1. The van der Waals surface area contributed by atoms with Crippen molar-refractivity contribution in [2.75, 3.05) is 18.4 Å². The third kappa shape index (κ3) is 2.69. The van der Waals surface area contributed by atoms with Crippen LogP contribution in [0.25, 0.3) is 0 Å². The third-order valence-electron chi connectivity index (χ3n) is 2.51. The predicted molar refractivity (Wildman–Crippen MR) is 71.2 cm³/mol. The lowest BCUT2D eigenvalue weighted by Crippen LogP contribution is -2.31. The summed E-state index contributed by atoms with van der Waals surface area (Å²) in [6, 6.07) is 8.02. The molecule has 1 saturated heterocycles. The molecule has 1 heterocycles. The number of benzene rings is 1. The minimum Gasteiger partial charge on any atom is -0.349 e. The van der Waals surface area contributed by atoms with Crippen molar-refractivity contribution in [3.8, 4) is 0 Å². The molecule has 1 fully saturated rings. The van der Waals surface area contributed by atoms with Crippen LogP contribution in [0.1, 0.15) is 12.8 Å². The van der Waals surface area contributed by atoms with Gasteiger partial charge in [0.05, 0.1) is 5.69 Å². The molecule has 0 atom stereocenters. The fraction of sp³-hybridized carbons (Fsp3) is 0.364. The van der Waals surface area contributed by atoms with Gasteiger partial charge in [0, 0.05) is 17.6 Å². The van der Waals surface area contributed by atoms with Crippen LogP contribution < -0.4 is 5.32 Å². The molecular formula is C11H13BrN2S. The van der Waals surface area contributed by atoms with E-state index in [0.29, 0.717) is 0 Å². The van der Waals surface area contributed by atoms with Crippen molar-refractivity contribution >= 4 is 38.9 Å². The lowest BCUT2D eigenvalue weighted by atomic mass is 10.3. The van der Waals surface area contributed by atoms with Crippen molar-refractivity contribution in [2.45, 2.75) is 12.8 Å². The molecule has 1 aromatic carbocycles. The highest BCUT2D eigenvalue weighted by Gasteiger charge is 2.14. The zero-order valence-electron chi connectivity index (χ0n) is 8.37. The Morgan fingerprint density at radius 1 is 1.27 bits per heavy atom. The third-order valence-corrected chi connectivity index (χ3v) is 3.56. The highest BCUT2D eigenvalue weighted by Crippen LogP contribution is 2.22. The Morgan fingerprint density at radius 3 is 2.60 bits per heavy atom. The van der Waals surface area contributed by atoms with Crippen molar-refractivity contribution in [2.24, 2.45) is 0 Å². The van der Waals surface area contributed by atoms with Gasteiger partial charge in [0.2, 0.25) is 0 Å². The average Bonchev–Trinajstić information content (AvgIpc) is 2.74. The van der Waals surface area contributed by atoms with Crippen molar-refractivity contribution in [1.82, 2.24) is 4.90 Å². The molecule has 1 aliphatic heterocycles. The van der Waals surface area contributed by atoms with Gasteiger partial charge in [-0.25, -0.2) is 0 Å². The largest absolute Gasteiger partial charge is 0.349 e. The lowest BCUT2D eigenvalue weighted by Gasteiger charge is -2.20. The lowest BCUT2D eigenvalue weighted by molar-refractivity contribution is 0.528. The summed E-state index contributed by atoms with van der Waals surface area (Å²) >= 11 is 8.84. The molecule has 0 aliphatic carbocycles. The number of halogens is 1. The van der Waals surface area contributed by atoms with E-state index in [1.54, 1.807) is 0 Å². The molecule has 80 valence electrons. The second kappa shape index (κ2) is 4.94. The first-order valence-corrected chi connectivity index (χ1v) is 6.28. The zero-order chi connectivity index (χ0) is 10.7. The number of anilines is 1. The van der Waals surface area contributed by atoms with Gasteiger partial charge in [0.1, 0.15) is 0 Å². The van der Waals surface area contributed by atoms with E-state index >= 15 is 0 Å². The first kappa shape index (κ1) is 10.9. The number of rotatable bonds is 1. The topological polar surface area (TPSA) is 15.3 Å². The maximum atomic E-state index is 5.35. The summed E-state index contributed by atoms with van der Waals surface area (Å²) in [5, 5.41) is 4.10. The SMILES string of the molecule is S=C(Nc1ccccc1Br)N1CCCC1. The highest BCUT2D eigenvalue weighted by atomic mass is 79.9. The van der Waals surface area contributed by atoms with Crippen LogP contribution in [0.5, 0.6) is 0 Å².